The molecule has 0 fully saturated rings. The van der Waals surface area contributed by atoms with Crippen molar-refractivity contribution < 1.29 is 35.5 Å². The number of hydrogen-bond donors (Lipinski definition) is 1. The molecule has 0 saturated carbocycles. The second-order valence-corrected chi connectivity index (χ2v) is 4.22. The Morgan fingerprint density at radius 1 is 1.05 bits per heavy atom. The van der Waals surface area contributed by atoms with E-state index in [4.69, 9.17) is 0 Å². The average Bonchev–Trinajstić information content (AvgIpc) is 2.32. The van der Waals surface area contributed by atoms with Gasteiger partial charge in [0.1, 0.15) is 0 Å². The SMILES string of the molecule is CNC(c1ccc(OC)c(F)c1)C(C(F)(F)F)C(F)(F)F. The van der Waals surface area contributed by atoms with Crippen molar-refractivity contribution in [1.29, 1.82) is 0 Å². The summed E-state index contributed by atoms with van der Waals surface area (Å²) >= 11 is 0. The lowest BCUT2D eigenvalue weighted by Crippen LogP contribution is -2.45. The van der Waals surface area contributed by atoms with Gasteiger partial charge < -0.3 is 10.1 Å². The third-order valence-electron chi connectivity index (χ3n) is 2.88. The van der Waals surface area contributed by atoms with Crippen LogP contribution in [0.2, 0.25) is 0 Å². The lowest BCUT2D eigenvalue weighted by atomic mass is 9.91. The summed E-state index contributed by atoms with van der Waals surface area (Å²) in [6.45, 7) is 0. The van der Waals surface area contributed by atoms with E-state index >= 15 is 0 Å². The van der Waals surface area contributed by atoms with Crippen LogP contribution in [0.4, 0.5) is 30.7 Å². The van der Waals surface area contributed by atoms with E-state index in [9.17, 15) is 30.7 Å². The van der Waals surface area contributed by atoms with Gasteiger partial charge in [0.05, 0.1) is 13.2 Å². The molecule has 2 nitrogen and oxygen atoms in total. The van der Waals surface area contributed by atoms with Crippen LogP contribution in [0.15, 0.2) is 18.2 Å². The maximum Gasteiger partial charge on any atom is 0.402 e. The lowest BCUT2D eigenvalue weighted by molar-refractivity contribution is -0.292. The Morgan fingerprint density at radius 2 is 1.57 bits per heavy atom. The van der Waals surface area contributed by atoms with E-state index in [-0.39, 0.29) is 5.75 Å². The van der Waals surface area contributed by atoms with E-state index in [1.165, 1.54) is 0 Å². The van der Waals surface area contributed by atoms with Crippen LogP contribution in [0.3, 0.4) is 0 Å². The van der Waals surface area contributed by atoms with Crippen LogP contribution in [-0.2, 0) is 0 Å². The zero-order valence-corrected chi connectivity index (χ0v) is 10.9. The van der Waals surface area contributed by atoms with E-state index in [2.05, 4.69) is 4.74 Å². The maximum atomic E-state index is 13.5. The number of nitrogens with one attached hydrogen (secondary N) is 1. The van der Waals surface area contributed by atoms with Crippen molar-refractivity contribution in [3.63, 3.8) is 0 Å². The molecule has 120 valence electrons. The minimum atomic E-state index is -5.53. The number of alkyl halides is 6. The third-order valence-corrected chi connectivity index (χ3v) is 2.88. The van der Waals surface area contributed by atoms with Crippen molar-refractivity contribution >= 4 is 0 Å². The van der Waals surface area contributed by atoms with E-state index in [0.29, 0.717) is 6.07 Å². The van der Waals surface area contributed by atoms with E-state index in [1.54, 1.807) is 0 Å². The van der Waals surface area contributed by atoms with Gasteiger partial charge in [0.25, 0.3) is 0 Å². The second kappa shape index (κ2) is 6.08. The monoisotopic (exact) mass is 319 g/mol. The summed E-state index contributed by atoms with van der Waals surface area (Å²) in [5.74, 6) is -4.97. The van der Waals surface area contributed by atoms with Gasteiger partial charge in [0.15, 0.2) is 17.5 Å². The average molecular weight is 319 g/mol. The van der Waals surface area contributed by atoms with Gasteiger partial charge in [0.2, 0.25) is 0 Å². The summed E-state index contributed by atoms with van der Waals surface area (Å²) in [4.78, 5) is 0. The van der Waals surface area contributed by atoms with Crippen LogP contribution in [0.25, 0.3) is 0 Å². The predicted octanol–water partition coefficient (Wildman–Crippen LogP) is 3.84. The van der Waals surface area contributed by atoms with Gasteiger partial charge in [0, 0.05) is 0 Å². The number of ether oxygens (including phenoxy) is 1. The van der Waals surface area contributed by atoms with Gasteiger partial charge in [-0.2, -0.15) is 26.3 Å². The molecule has 0 radical (unpaired) electrons. The van der Waals surface area contributed by atoms with Crippen molar-refractivity contribution in [3.8, 4) is 5.75 Å². The van der Waals surface area contributed by atoms with Gasteiger partial charge in [-0.1, -0.05) is 6.07 Å². The van der Waals surface area contributed by atoms with Gasteiger partial charge in [-0.3, -0.25) is 0 Å². The van der Waals surface area contributed by atoms with Gasteiger partial charge >= 0.3 is 12.4 Å². The highest BCUT2D eigenvalue weighted by Crippen LogP contribution is 2.46. The first-order chi connectivity index (χ1) is 9.52. The quantitative estimate of drug-likeness (QED) is 0.852. The largest absolute Gasteiger partial charge is 0.494 e. The smallest absolute Gasteiger partial charge is 0.402 e. The minimum Gasteiger partial charge on any atom is -0.494 e. The van der Waals surface area contributed by atoms with Crippen molar-refractivity contribution in [2.45, 2.75) is 18.4 Å². The first-order valence-corrected chi connectivity index (χ1v) is 5.66. The second-order valence-electron chi connectivity index (χ2n) is 4.22. The molecule has 1 rings (SSSR count). The molecule has 0 aliphatic heterocycles. The highest BCUT2D eigenvalue weighted by molar-refractivity contribution is 5.31. The topological polar surface area (TPSA) is 21.3 Å². The van der Waals surface area contributed by atoms with Crippen LogP contribution in [0.5, 0.6) is 5.75 Å². The van der Waals surface area contributed by atoms with Gasteiger partial charge in [-0.05, 0) is 24.7 Å². The normalized spacial score (nSPS) is 14.4. The number of methoxy groups -OCH3 is 1. The summed E-state index contributed by atoms with van der Waals surface area (Å²) in [5.41, 5.74) is -0.476. The summed E-state index contributed by atoms with van der Waals surface area (Å²) in [7, 11) is 2.07. The maximum absolute atomic E-state index is 13.5. The molecule has 0 spiro atoms. The van der Waals surface area contributed by atoms with E-state index < -0.39 is 35.7 Å². The van der Waals surface area contributed by atoms with Crippen molar-refractivity contribution in [2.24, 2.45) is 5.92 Å². The molecular weight excluding hydrogens is 307 g/mol. The fraction of sp³-hybridized carbons (Fsp3) is 0.500. The summed E-state index contributed by atoms with van der Waals surface area (Å²) in [5, 5.41) is 1.95. The van der Waals surface area contributed by atoms with Crippen LogP contribution in [0.1, 0.15) is 11.6 Å². The molecule has 1 N–H and O–H groups in total. The molecule has 0 aliphatic carbocycles. The molecule has 1 aromatic carbocycles. The Balaban J connectivity index is 3.30. The Kier molecular flexibility index (Phi) is 5.08. The molecule has 0 aliphatic rings. The minimum absolute atomic E-state index is 0.274. The van der Waals surface area contributed by atoms with Crippen LogP contribution < -0.4 is 10.1 Å². The van der Waals surface area contributed by atoms with Crippen LogP contribution in [-0.4, -0.2) is 26.5 Å². The molecule has 0 aromatic heterocycles. The molecular formula is C12H12F7NO. The number of hydrogen-bond acceptors (Lipinski definition) is 2. The summed E-state index contributed by atoms with van der Waals surface area (Å²) in [6.07, 6.45) is -11.1. The first-order valence-electron chi connectivity index (χ1n) is 5.66. The lowest BCUT2D eigenvalue weighted by Gasteiger charge is -2.30. The van der Waals surface area contributed by atoms with Crippen molar-refractivity contribution in [2.75, 3.05) is 14.2 Å². The molecule has 0 saturated heterocycles. The fourth-order valence-corrected chi connectivity index (χ4v) is 1.97. The fourth-order valence-electron chi connectivity index (χ4n) is 1.97. The Morgan fingerprint density at radius 3 is 1.90 bits per heavy atom. The predicted molar refractivity (Wildman–Crippen MR) is 60.4 cm³/mol. The van der Waals surface area contributed by atoms with E-state index in [1.807, 2.05) is 5.32 Å². The Hall–Kier alpha value is -1.51. The number of halogens is 7. The third kappa shape index (κ3) is 3.99. The first kappa shape index (κ1) is 17.5. The standard InChI is InChI=1S/C12H12F7NO/c1-20-9(10(11(14,15)16)12(17,18)19)6-3-4-8(21-2)7(13)5-6/h3-5,9-10,20H,1-2H3. The van der Waals surface area contributed by atoms with Gasteiger partial charge in [-0.15, -0.1) is 0 Å². The molecule has 0 amide bonds. The Bertz CT molecular complexity index is 469. The number of rotatable bonds is 4. The zero-order valence-electron chi connectivity index (χ0n) is 10.9. The highest BCUT2D eigenvalue weighted by atomic mass is 19.4. The summed E-state index contributed by atoms with van der Waals surface area (Å²) in [6, 6.07) is 0.349. The molecule has 1 aromatic rings. The number of benzene rings is 1. The van der Waals surface area contributed by atoms with Crippen molar-refractivity contribution in [3.05, 3.63) is 29.6 Å². The van der Waals surface area contributed by atoms with Crippen LogP contribution >= 0.6 is 0 Å². The molecule has 0 bridgehead atoms. The molecule has 0 heterocycles. The van der Waals surface area contributed by atoms with Gasteiger partial charge in [-0.25, -0.2) is 4.39 Å². The highest BCUT2D eigenvalue weighted by Gasteiger charge is 2.60. The molecule has 21 heavy (non-hydrogen) atoms. The molecule has 1 unspecified atom stereocenters. The van der Waals surface area contributed by atoms with Crippen molar-refractivity contribution in [1.82, 2.24) is 5.32 Å². The zero-order chi connectivity index (χ0) is 16.4. The summed E-state index contributed by atoms with van der Waals surface area (Å²) < 4.78 is 94.3. The Labute approximate surface area is 115 Å². The van der Waals surface area contributed by atoms with Crippen LogP contribution in [0, 0.1) is 11.7 Å². The van der Waals surface area contributed by atoms with E-state index in [0.717, 1.165) is 26.3 Å². The molecule has 1 atom stereocenters. The molecule has 9 heteroatoms.